The van der Waals surface area contributed by atoms with E-state index in [0.717, 1.165) is 44.4 Å². The molecule has 0 spiro atoms. The third-order valence-electron chi connectivity index (χ3n) is 5.75. The van der Waals surface area contributed by atoms with Gasteiger partial charge in [-0.25, -0.2) is 0 Å². The van der Waals surface area contributed by atoms with Crippen LogP contribution < -0.4 is 15.4 Å². The van der Waals surface area contributed by atoms with Crippen LogP contribution in [-0.2, 0) is 4.74 Å². The molecule has 2 N–H and O–H groups in total. The van der Waals surface area contributed by atoms with E-state index in [0.29, 0.717) is 5.41 Å². The van der Waals surface area contributed by atoms with Crippen LogP contribution in [0.15, 0.2) is 29.3 Å². The van der Waals surface area contributed by atoms with Gasteiger partial charge in [0.25, 0.3) is 0 Å². The van der Waals surface area contributed by atoms with Crippen LogP contribution in [-0.4, -0.2) is 65.4 Å². The summed E-state index contributed by atoms with van der Waals surface area (Å²) in [5.41, 5.74) is 1.58. The van der Waals surface area contributed by atoms with Gasteiger partial charge in [-0.05, 0) is 63.4 Å². The monoisotopic (exact) mass is 390 g/mol. The minimum Gasteiger partial charge on any atom is -0.497 e. The molecule has 28 heavy (non-hydrogen) atoms. The van der Waals surface area contributed by atoms with Gasteiger partial charge < -0.3 is 25.0 Å². The maximum atomic E-state index is 5.30. The third kappa shape index (κ3) is 6.38. The summed E-state index contributed by atoms with van der Waals surface area (Å²) in [6.07, 6.45) is 4.92. The van der Waals surface area contributed by atoms with E-state index in [1.807, 2.05) is 12.1 Å². The summed E-state index contributed by atoms with van der Waals surface area (Å²) < 4.78 is 10.6. The van der Waals surface area contributed by atoms with Crippen LogP contribution in [0.25, 0.3) is 0 Å². The summed E-state index contributed by atoms with van der Waals surface area (Å²) >= 11 is 0. The molecule has 2 rings (SSSR count). The molecular formula is C22H38N4O2. The standard InChI is InChI=1S/C22H38N4O2/c1-6-23-21(25-17-22(12-7-13-22)14-15-27-4)24-16-20(26(2)3)18-8-10-19(28-5)11-9-18/h8-11,20H,6-7,12-17H2,1-5H3,(H2,23,24,25). The van der Waals surface area contributed by atoms with Gasteiger partial charge in [-0.1, -0.05) is 18.6 Å². The molecule has 1 aromatic carbocycles. The minimum absolute atomic E-state index is 0.251. The van der Waals surface area contributed by atoms with Crippen molar-refractivity contribution in [2.75, 3.05) is 54.6 Å². The molecule has 0 amide bonds. The first-order valence-corrected chi connectivity index (χ1v) is 10.3. The zero-order valence-electron chi connectivity index (χ0n) is 18.3. The summed E-state index contributed by atoms with van der Waals surface area (Å²) in [5.74, 6) is 1.78. The number of hydrogen-bond donors (Lipinski definition) is 2. The third-order valence-corrected chi connectivity index (χ3v) is 5.75. The smallest absolute Gasteiger partial charge is 0.191 e. The van der Waals surface area contributed by atoms with Crippen molar-refractivity contribution >= 4 is 5.96 Å². The van der Waals surface area contributed by atoms with Crippen molar-refractivity contribution in [2.45, 2.75) is 38.6 Å². The van der Waals surface area contributed by atoms with Gasteiger partial charge in [-0.3, -0.25) is 4.99 Å². The van der Waals surface area contributed by atoms with E-state index in [4.69, 9.17) is 14.5 Å². The SMILES string of the molecule is CCNC(=NCC1(CCOC)CCC1)NCC(c1ccc(OC)cc1)N(C)C. The molecule has 0 aromatic heterocycles. The Balaban J connectivity index is 2.00. The van der Waals surface area contributed by atoms with Crippen molar-refractivity contribution in [3.8, 4) is 5.75 Å². The lowest BCUT2D eigenvalue weighted by molar-refractivity contribution is 0.0778. The van der Waals surface area contributed by atoms with Gasteiger partial charge in [-0.15, -0.1) is 0 Å². The average Bonchev–Trinajstić information content (AvgIpc) is 2.67. The van der Waals surface area contributed by atoms with Crippen LogP contribution in [0.3, 0.4) is 0 Å². The lowest BCUT2D eigenvalue weighted by Gasteiger charge is -2.40. The molecule has 0 radical (unpaired) electrons. The van der Waals surface area contributed by atoms with Crippen LogP contribution in [0, 0.1) is 5.41 Å². The molecule has 1 saturated carbocycles. The van der Waals surface area contributed by atoms with Gasteiger partial charge in [0, 0.05) is 33.4 Å². The first-order valence-electron chi connectivity index (χ1n) is 10.3. The lowest BCUT2D eigenvalue weighted by Crippen LogP contribution is -2.43. The van der Waals surface area contributed by atoms with Gasteiger partial charge in [0.05, 0.1) is 13.2 Å². The first kappa shape index (κ1) is 22.5. The van der Waals surface area contributed by atoms with E-state index in [1.54, 1.807) is 14.2 Å². The number of ether oxygens (including phenoxy) is 2. The Morgan fingerprint density at radius 3 is 2.39 bits per heavy atom. The van der Waals surface area contributed by atoms with E-state index in [9.17, 15) is 0 Å². The highest BCUT2D eigenvalue weighted by molar-refractivity contribution is 5.79. The number of hydrogen-bond acceptors (Lipinski definition) is 4. The van der Waals surface area contributed by atoms with Crippen LogP contribution >= 0.6 is 0 Å². The Labute approximate surface area is 170 Å². The van der Waals surface area contributed by atoms with Crippen molar-refractivity contribution in [2.24, 2.45) is 10.4 Å². The van der Waals surface area contributed by atoms with Crippen LogP contribution in [0.1, 0.15) is 44.2 Å². The van der Waals surface area contributed by atoms with Crippen molar-refractivity contribution in [3.05, 3.63) is 29.8 Å². The van der Waals surface area contributed by atoms with Gasteiger partial charge in [0.1, 0.15) is 5.75 Å². The molecule has 1 fully saturated rings. The normalized spacial score (nSPS) is 17.1. The molecule has 1 unspecified atom stereocenters. The summed E-state index contributed by atoms with van der Waals surface area (Å²) in [5, 5.41) is 6.93. The van der Waals surface area contributed by atoms with E-state index in [-0.39, 0.29) is 6.04 Å². The lowest BCUT2D eigenvalue weighted by atomic mass is 9.67. The number of nitrogens with one attached hydrogen (secondary N) is 2. The molecule has 0 aliphatic heterocycles. The quantitative estimate of drug-likeness (QED) is 0.449. The maximum Gasteiger partial charge on any atom is 0.191 e. The Hall–Kier alpha value is -1.79. The average molecular weight is 391 g/mol. The Kier molecular flexibility index (Phi) is 9.06. The molecule has 0 saturated heterocycles. The highest BCUT2D eigenvalue weighted by Crippen LogP contribution is 2.44. The second-order valence-electron chi connectivity index (χ2n) is 7.92. The number of aliphatic imine (C=N–C) groups is 1. The molecule has 0 heterocycles. The van der Waals surface area contributed by atoms with E-state index in [1.165, 1.54) is 24.8 Å². The minimum atomic E-state index is 0.251. The molecule has 1 aromatic rings. The second kappa shape index (κ2) is 11.3. The molecule has 0 bridgehead atoms. The molecule has 1 aliphatic carbocycles. The number of rotatable bonds is 11. The Morgan fingerprint density at radius 2 is 1.89 bits per heavy atom. The molecular weight excluding hydrogens is 352 g/mol. The fourth-order valence-corrected chi connectivity index (χ4v) is 3.69. The number of guanidine groups is 1. The first-order chi connectivity index (χ1) is 13.5. The van der Waals surface area contributed by atoms with Crippen molar-refractivity contribution < 1.29 is 9.47 Å². The number of likely N-dealkylation sites (N-methyl/N-ethyl adjacent to an activating group) is 1. The zero-order chi connectivity index (χ0) is 20.4. The topological polar surface area (TPSA) is 58.1 Å². The molecule has 6 nitrogen and oxygen atoms in total. The van der Waals surface area contributed by atoms with E-state index >= 15 is 0 Å². The Morgan fingerprint density at radius 1 is 1.18 bits per heavy atom. The van der Waals surface area contributed by atoms with Crippen LogP contribution in [0.2, 0.25) is 0 Å². The molecule has 1 aliphatic rings. The summed E-state index contributed by atoms with van der Waals surface area (Å²) in [7, 11) is 7.69. The fourth-order valence-electron chi connectivity index (χ4n) is 3.69. The summed E-state index contributed by atoms with van der Waals surface area (Å²) in [6, 6.07) is 8.54. The van der Waals surface area contributed by atoms with Gasteiger partial charge in [0.2, 0.25) is 0 Å². The number of methoxy groups -OCH3 is 2. The van der Waals surface area contributed by atoms with Gasteiger partial charge in [-0.2, -0.15) is 0 Å². The fraction of sp³-hybridized carbons (Fsp3) is 0.682. The largest absolute Gasteiger partial charge is 0.497 e. The van der Waals surface area contributed by atoms with Crippen molar-refractivity contribution in [3.63, 3.8) is 0 Å². The predicted molar refractivity (Wildman–Crippen MR) is 116 cm³/mol. The summed E-state index contributed by atoms with van der Waals surface area (Å²) in [6.45, 7) is 5.43. The Bertz CT molecular complexity index is 597. The molecule has 1 atom stereocenters. The van der Waals surface area contributed by atoms with Crippen LogP contribution in [0.5, 0.6) is 5.75 Å². The van der Waals surface area contributed by atoms with Crippen molar-refractivity contribution in [1.82, 2.24) is 15.5 Å². The van der Waals surface area contributed by atoms with E-state index < -0.39 is 0 Å². The molecule has 158 valence electrons. The van der Waals surface area contributed by atoms with Gasteiger partial charge >= 0.3 is 0 Å². The number of nitrogens with zero attached hydrogens (tertiary/aromatic N) is 2. The highest BCUT2D eigenvalue weighted by atomic mass is 16.5. The number of benzene rings is 1. The summed E-state index contributed by atoms with van der Waals surface area (Å²) in [4.78, 5) is 7.14. The maximum absolute atomic E-state index is 5.30. The second-order valence-corrected chi connectivity index (χ2v) is 7.92. The highest BCUT2D eigenvalue weighted by Gasteiger charge is 2.36. The van der Waals surface area contributed by atoms with Gasteiger partial charge in [0.15, 0.2) is 5.96 Å². The molecule has 6 heteroatoms. The predicted octanol–water partition coefficient (Wildman–Crippen LogP) is 3.06. The van der Waals surface area contributed by atoms with Crippen LogP contribution in [0.4, 0.5) is 0 Å². The van der Waals surface area contributed by atoms with E-state index in [2.05, 4.69) is 48.7 Å². The zero-order valence-corrected chi connectivity index (χ0v) is 18.3. The van der Waals surface area contributed by atoms with Crippen molar-refractivity contribution in [1.29, 1.82) is 0 Å².